The number of rotatable bonds is 4. The third kappa shape index (κ3) is 3.94. The van der Waals surface area contributed by atoms with Crippen LogP contribution in [0.2, 0.25) is 0 Å². The summed E-state index contributed by atoms with van der Waals surface area (Å²) in [6.45, 7) is 3.92. The number of aromatic nitrogens is 1. The Morgan fingerprint density at radius 3 is 2.07 bits per heavy atom. The molecule has 0 saturated heterocycles. The number of fused-ring (bicyclic) bond motifs is 1. The summed E-state index contributed by atoms with van der Waals surface area (Å²) < 4.78 is 38.2. The quantitative estimate of drug-likeness (QED) is 0.761. The zero-order valence-electron chi connectivity index (χ0n) is 15.2. The largest absolute Gasteiger partial charge is 0.417 e. The summed E-state index contributed by atoms with van der Waals surface area (Å²) >= 11 is 0. The average molecular weight is 375 g/mol. The van der Waals surface area contributed by atoms with Gasteiger partial charge >= 0.3 is 6.18 Å². The van der Waals surface area contributed by atoms with E-state index >= 15 is 0 Å². The fraction of sp³-hybridized carbons (Fsp3) is 0.381. The summed E-state index contributed by atoms with van der Waals surface area (Å²) in [5.74, 6) is -0.184. The number of carbonyl (C=O) groups is 2. The smallest absolute Gasteiger partial charge is 0.289 e. The minimum Gasteiger partial charge on any atom is -0.289 e. The topological polar surface area (TPSA) is 47.0 Å². The highest BCUT2D eigenvalue weighted by Gasteiger charge is 2.36. The first-order chi connectivity index (χ1) is 12.7. The van der Waals surface area contributed by atoms with E-state index in [1.54, 1.807) is 6.08 Å². The van der Waals surface area contributed by atoms with E-state index in [-0.39, 0.29) is 23.9 Å². The molecule has 0 N–H and O–H groups in total. The Hall–Kier alpha value is -2.50. The highest BCUT2D eigenvalue weighted by molar-refractivity contribution is 6.29. The number of halogens is 3. The number of Topliss-reactive ketones (excluding diaryl/α,β-unsaturated/α-hetero) is 2. The lowest BCUT2D eigenvalue weighted by Crippen LogP contribution is -2.28. The van der Waals surface area contributed by atoms with Crippen molar-refractivity contribution in [3.8, 4) is 0 Å². The molecule has 0 atom stereocenters. The van der Waals surface area contributed by atoms with Crippen LogP contribution in [-0.2, 0) is 22.2 Å². The molecule has 1 aromatic rings. The first kappa shape index (κ1) is 19.3. The molecule has 0 amide bonds. The SMILES string of the molecule is CC(C)CC1=C(Cc2ccc(C(F)(F)F)cn2)C(=O)C2=CCCC=C2C1=O. The Kier molecular flexibility index (Phi) is 5.18. The van der Waals surface area contributed by atoms with Gasteiger partial charge in [0.25, 0.3) is 0 Å². The van der Waals surface area contributed by atoms with Gasteiger partial charge in [-0.25, -0.2) is 0 Å². The molecule has 0 aliphatic heterocycles. The zero-order valence-corrected chi connectivity index (χ0v) is 15.2. The normalized spacial score (nSPS) is 17.9. The van der Waals surface area contributed by atoms with Crippen molar-refractivity contribution in [2.24, 2.45) is 5.92 Å². The van der Waals surface area contributed by atoms with Crippen molar-refractivity contribution in [3.63, 3.8) is 0 Å². The van der Waals surface area contributed by atoms with E-state index in [9.17, 15) is 22.8 Å². The van der Waals surface area contributed by atoms with Crippen LogP contribution in [-0.4, -0.2) is 16.6 Å². The van der Waals surface area contributed by atoms with E-state index in [1.165, 1.54) is 6.07 Å². The zero-order chi connectivity index (χ0) is 19.8. The summed E-state index contributed by atoms with van der Waals surface area (Å²) in [6.07, 6.45) is 1.81. The maximum atomic E-state index is 13.0. The molecule has 2 aliphatic carbocycles. The molecule has 0 radical (unpaired) electrons. The van der Waals surface area contributed by atoms with Crippen molar-refractivity contribution in [3.05, 3.63) is 64.0 Å². The molecule has 0 spiro atoms. The lowest BCUT2D eigenvalue weighted by atomic mass is 9.76. The Balaban J connectivity index is 2.01. The number of carbonyl (C=O) groups excluding carboxylic acids is 2. The lowest BCUT2D eigenvalue weighted by molar-refractivity contribution is -0.137. The molecule has 0 unspecified atom stereocenters. The molecule has 1 heterocycles. The molecule has 3 nitrogen and oxygen atoms in total. The standard InChI is InChI=1S/C21H20F3NO2/c1-12(2)9-17-18(10-14-8-7-13(11-25-14)21(22,23)24)20(27)16-6-4-3-5-15(16)19(17)26/h5-8,11-12H,3-4,9-10H2,1-2H3. The van der Waals surface area contributed by atoms with Crippen molar-refractivity contribution < 1.29 is 22.8 Å². The number of alkyl halides is 3. The van der Waals surface area contributed by atoms with E-state index in [0.717, 1.165) is 18.7 Å². The fourth-order valence-electron chi connectivity index (χ4n) is 3.39. The van der Waals surface area contributed by atoms with Crippen LogP contribution in [0.5, 0.6) is 0 Å². The number of hydrogen-bond acceptors (Lipinski definition) is 3. The molecular formula is C21H20F3NO2. The molecule has 2 aliphatic rings. The van der Waals surface area contributed by atoms with Crippen molar-refractivity contribution >= 4 is 11.6 Å². The highest BCUT2D eigenvalue weighted by Crippen LogP contribution is 2.36. The second-order valence-corrected chi connectivity index (χ2v) is 7.24. The number of pyridine rings is 1. The number of ketones is 2. The van der Waals surface area contributed by atoms with Crippen LogP contribution in [0.1, 0.15) is 44.4 Å². The van der Waals surface area contributed by atoms with Crippen LogP contribution >= 0.6 is 0 Å². The molecule has 0 fully saturated rings. The van der Waals surface area contributed by atoms with Gasteiger partial charge in [0.1, 0.15) is 0 Å². The van der Waals surface area contributed by atoms with Gasteiger partial charge in [0.2, 0.25) is 0 Å². The van der Waals surface area contributed by atoms with Crippen molar-refractivity contribution in [1.29, 1.82) is 0 Å². The van der Waals surface area contributed by atoms with Gasteiger partial charge in [0.15, 0.2) is 11.6 Å². The molecule has 1 aromatic heterocycles. The third-order valence-corrected chi connectivity index (χ3v) is 4.68. The lowest BCUT2D eigenvalue weighted by Gasteiger charge is -2.25. The van der Waals surface area contributed by atoms with E-state index in [4.69, 9.17) is 0 Å². The van der Waals surface area contributed by atoms with Crippen LogP contribution in [0.3, 0.4) is 0 Å². The maximum absolute atomic E-state index is 13.0. The van der Waals surface area contributed by atoms with Crippen LogP contribution in [0.15, 0.2) is 52.8 Å². The Morgan fingerprint density at radius 2 is 1.59 bits per heavy atom. The van der Waals surface area contributed by atoms with E-state index in [2.05, 4.69) is 4.98 Å². The maximum Gasteiger partial charge on any atom is 0.417 e. The number of nitrogens with zero attached hydrogens (tertiary/aromatic N) is 1. The minimum atomic E-state index is -4.46. The van der Waals surface area contributed by atoms with Crippen LogP contribution < -0.4 is 0 Å². The van der Waals surface area contributed by atoms with Gasteiger partial charge in [-0.2, -0.15) is 13.2 Å². The van der Waals surface area contributed by atoms with Gasteiger partial charge in [-0.3, -0.25) is 14.6 Å². The average Bonchev–Trinajstić information content (AvgIpc) is 2.62. The first-order valence-corrected chi connectivity index (χ1v) is 8.92. The molecule has 0 aromatic carbocycles. The Morgan fingerprint density at radius 1 is 1.00 bits per heavy atom. The molecule has 0 bridgehead atoms. The van der Waals surface area contributed by atoms with Gasteiger partial charge in [0, 0.05) is 40.6 Å². The fourth-order valence-corrected chi connectivity index (χ4v) is 3.39. The molecule has 27 heavy (non-hydrogen) atoms. The highest BCUT2D eigenvalue weighted by atomic mass is 19.4. The van der Waals surface area contributed by atoms with Crippen LogP contribution in [0, 0.1) is 5.92 Å². The van der Waals surface area contributed by atoms with Crippen molar-refractivity contribution in [2.45, 2.75) is 45.7 Å². The van der Waals surface area contributed by atoms with Gasteiger partial charge < -0.3 is 0 Å². The summed E-state index contributed by atoms with van der Waals surface area (Å²) in [7, 11) is 0. The number of hydrogen-bond donors (Lipinski definition) is 0. The van der Waals surface area contributed by atoms with E-state index in [0.29, 0.717) is 40.8 Å². The monoisotopic (exact) mass is 375 g/mol. The van der Waals surface area contributed by atoms with Crippen LogP contribution in [0.25, 0.3) is 0 Å². The van der Waals surface area contributed by atoms with Crippen LogP contribution in [0.4, 0.5) is 13.2 Å². The summed E-state index contributed by atoms with van der Waals surface area (Å²) in [4.78, 5) is 29.8. The first-order valence-electron chi connectivity index (χ1n) is 8.92. The molecule has 3 rings (SSSR count). The van der Waals surface area contributed by atoms with Gasteiger partial charge in [-0.15, -0.1) is 0 Å². The molecule has 0 saturated carbocycles. The van der Waals surface area contributed by atoms with Crippen molar-refractivity contribution in [2.75, 3.05) is 0 Å². The molecule has 142 valence electrons. The summed E-state index contributed by atoms with van der Waals surface area (Å²) in [6, 6.07) is 2.21. The Labute approximate surface area is 155 Å². The molecular weight excluding hydrogens is 355 g/mol. The van der Waals surface area contributed by atoms with Gasteiger partial charge in [-0.05, 0) is 37.3 Å². The molecule has 6 heteroatoms. The van der Waals surface area contributed by atoms with E-state index < -0.39 is 11.7 Å². The predicted octanol–water partition coefficient (Wildman–Crippen LogP) is 4.78. The number of allylic oxidation sites excluding steroid dienone is 6. The van der Waals surface area contributed by atoms with Gasteiger partial charge in [0.05, 0.1) is 5.56 Å². The van der Waals surface area contributed by atoms with Gasteiger partial charge in [-0.1, -0.05) is 26.0 Å². The van der Waals surface area contributed by atoms with E-state index in [1.807, 2.05) is 19.9 Å². The summed E-state index contributed by atoms with van der Waals surface area (Å²) in [5, 5.41) is 0. The van der Waals surface area contributed by atoms with Crippen molar-refractivity contribution in [1.82, 2.24) is 4.98 Å². The summed E-state index contributed by atoms with van der Waals surface area (Å²) in [5.41, 5.74) is 1.19. The predicted molar refractivity (Wildman–Crippen MR) is 94.8 cm³/mol. The third-order valence-electron chi connectivity index (χ3n) is 4.68. The minimum absolute atomic E-state index is 0.0510. The Bertz CT molecular complexity index is 872. The second-order valence-electron chi connectivity index (χ2n) is 7.24. The second kappa shape index (κ2) is 7.25.